The maximum Gasteiger partial charge on any atom is 0.234 e. The molecule has 1 amide bonds. The Labute approximate surface area is 86.3 Å². The van der Waals surface area contributed by atoms with Gasteiger partial charge < -0.3 is 10.6 Å². The van der Waals surface area contributed by atoms with E-state index in [1.54, 1.807) is 6.26 Å². The molecule has 0 aliphatic carbocycles. The van der Waals surface area contributed by atoms with Crippen LogP contribution in [0.1, 0.15) is 6.92 Å². The predicted octanol–water partition coefficient (Wildman–Crippen LogP) is -1.02. The molecule has 0 spiro atoms. The number of carbonyl (C=O) groups is 1. The fourth-order valence-corrected chi connectivity index (χ4v) is 1.70. The smallest absolute Gasteiger partial charge is 0.234 e. The molecule has 2 unspecified atom stereocenters. The molecule has 0 radical (unpaired) electrons. The molecule has 0 saturated carbocycles. The highest BCUT2D eigenvalue weighted by atomic mass is 32.2. The van der Waals surface area contributed by atoms with Crippen LogP contribution in [0.4, 0.5) is 0 Å². The quantitative estimate of drug-likeness (QED) is 0.558. The number of rotatable bonds is 6. The van der Waals surface area contributed by atoms with Crippen molar-refractivity contribution < 1.29 is 9.00 Å². The number of hydrogen-bond acceptors (Lipinski definition) is 4. The maximum absolute atomic E-state index is 11.0. The molecule has 0 rings (SSSR count). The second-order valence-electron chi connectivity index (χ2n) is 2.96. The highest BCUT2D eigenvalue weighted by molar-refractivity contribution is 7.84. The van der Waals surface area contributed by atoms with Gasteiger partial charge in [-0.05, 0) is 6.92 Å². The van der Waals surface area contributed by atoms with Crippen molar-refractivity contribution in [2.24, 2.45) is 0 Å². The Morgan fingerprint density at radius 1 is 1.64 bits per heavy atom. The summed E-state index contributed by atoms with van der Waals surface area (Å²) in [7, 11) is -0.862. The summed E-state index contributed by atoms with van der Waals surface area (Å²) in [6, 6.07) is 1.85. The monoisotopic (exact) mass is 217 g/mol. The zero-order chi connectivity index (χ0) is 11.0. The van der Waals surface area contributed by atoms with Crippen LogP contribution >= 0.6 is 0 Å². The Kier molecular flexibility index (Phi) is 6.98. The SMILES string of the molecule is CC(CS(C)=O)NCC(=O)NCC#N. The van der Waals surface area contributed by atoms with E-state index >= 15 is 0 Å². The molecular weight excluding hydrogens is 202 g/mol. The van der Waals surface area contributed by atoms with E-state index in [9.17, 15) is 9.00 Å². The Morgan fingerprint density at radius 3 is 2.79 bits per heavy atom. The van der Waals surface area contributed by atoms with Gasteiger partial charge in [0.05, 0.1) is 12.6 Å². The Hall–Kier alpha value is -0.930. The van der Waals surface area contributed by atoms with Crippen molar-refractivity contribution in [1.82, 2.24) is 10.6 Å². The molecule has 2 N–H and O–H groups in total. The zero-order valence-corrected chi connectivity index (χ0v) is 9.19. The average Bonchev–Trinajstić information content (AvgIpc) is 2.10. The Bertz CT molecular complexity index is 249. The first-order valence-electron chi connectivity index (χ1n) is 4.23. The first-order valence-corrected chi connectivity index (χ1v) is 5.96. The molecule has 0 aromatic rings. The van der Waals surface area contributed by atoms with E-state index in [0.717, 1.165) is 0 Å². The van der Waals surface area contributed by atoms with Gasteiger partial charge in [-0.1, -0.05) is 0 Å². The second-order valence-corrected chi connectivity index (χ2v) is 4.44. The number of amides is 1. The minimum Gasteiger partial charge on any atom is -0.342 e. The first-order chi connectivity index (χ1) is 6.56. The zero-order valence-electron chi connectivity index (χ0n) is 8.37. The van der Waals surface area contributed by atoms with E-state index in [1.807, 2.05) is 13.0 Å². The molecule has 0 bridgehead atoms. The van der Waals surface area contributed by atoms with Crippen LogP contribution in [-0.2, 0) is 15.6 Å². The second kappa shape index (κ2) is 7.47. The molecular formula is C8H15N3O2S. The summed E-state index contributed by atoms with van der Waals surface area (Å²) >= 11 is 0. The topological polar surface area (TPSA) is 82.0 Å². The first kappa shape index (κ1) is 13.1. The van der Waals surface area contributed by atoms with Crippen molar-refractivity contribution >= 4 is 16.7 Å². The molecule has 0 heterocycles. The number of nitrogens with zero attached hydrogens (tertiary/aromatic N) is 1. The van der Waals surface area contributed by atoms with Gasteiger partial charge in [0, 0.05) is 28.9 Å². The van der Waals surface area contributed by atoms with E-state index in [-0.39, 0.29) is 25.0 Å². The summed E-state index contributed by atoms with van der Waals surface area (Å²) in [4.78, 5) is 11.0. The predicted molar refractivity (Wildman–Crippen MR) is 55.0 cm³/mol. The lowest BCUT2D eigenvalue weighted by Crippen LogP contribution is -2.40. The van der Waals surface area contributed by atoms with Gasteiger partial charge in [0.2, 0.25) is 5.91 Å². The van der Waals surface area contributed by atoms with Crippen LogP contribution in [0.3, 0.4) is 0 Å². The van der Waals surface area contributed by atoms with Crippen molar-refractivity contribution in [2.75, 3.05) is 25.1 Å². The van der Waals surface area contributed by atoms with Crippen molar-refractivity contribution in [3.8, 4) is 6.07 Å². The number of nitriles is 1. The summed E-state index contributed by atoms with van der Waals surface area (Å²) in [5, 5.41) is 13.5. The van der Waals surface area contributed by atoms with Crippen LogP contribution in [0, 0.1) is 11.3 Å². The lowest BCUT2D eigenvalue weighted by atomic mass is 10.4. The van der Waals surface area contributed by atoms with E-state index in [0.29, 0.717) is 5.75 Å². The van der Waals surface area contributed by atoms with Crippen LogP contribution in [0.25, 0.3) is 0 Å². The molecule has 0 aliphatic heterocycles. The maximum atomic E-state index is 11.0. The van der Waals surface area contributed by atoms with E-state index in [2.05, 4.69) is 10.6 Å². The van der Waals surface area contributed by atoms with Gasteiger partial charge >= 0.3 is 0 Å². The molecule has 6 heteroatoms. The van der Waals surface area contributed by atoms with Crippen LogP contribution in [0.15, 0.2) is 0 Å². The summed E-state index contributed by atoms with van der Waals surface area (Å²) in [6.45, 7) is 2.04. The minimum atomic E-state index is -0.862. The summed E-state index contributed by atoms with van der Waals surface area (Å²) in [5.74, 6) is 0.297. The third kappa shape index (κ3) is 7.71. The van der Waals surface area contributed by atoms with E-state index in [1.165, 1.54) is 0 Å². The highest BCUT2D eigenvalue weighted by Crippen LogP contribution is 1.84. The van der Waals surface area contributed by atoms with Gasteiger partial charge in [0.1, 0.15) is 6.54 Å². The van der Waals surface area contributed by atoms with Crippen LogP contribution in [0.5, 0.6) is 0 Å². The number of hydrogen-bond donors (Lipinski definition) is 2. The lowest BCUT2D eigenvalue weighted by Gasteiger charge is -2.11. The Balaban J connectivity index is 3.56. The molecule has 2 atom stereocenters. The molecule has 0 aromatic carbocycles. The number of carbonyl (C=O) groups excluding carboxylic acids is 1. The molecule has 5 nitrogen and oxygen atoms in total. The third-order valence-corrected chi connectivity index (χ3v) is 2.43. The van der Waals surface area contributed by atoms with Crippen molar-refractivity contribution in [3.05, 3.63) is 0 Å². The normalized spacial score (nSPS) is 14.1. The van der Waals surface area contributed by atoms with Crippen LogP contribution in [0.2, 0.25) is 0 Å². The van der Waals surface area contributed by atoms with Gasteiger partial charge in [0.25, 0.3) is 0 Å². The summed E-state index contributed by atoms with van der Waals surface area (Å²) in [5.41, 5.74) is 0. The minimum absolute atomic E-state index is 0.0224. The molecule has 0 aromatic heterocycles. The Morgan fingerprint density at radius 2 is 2.29 bits per heavy atom. The van der Waals surface area contributed by atoms with Crippen LogP contribution in [-0.4, -0.2) is 41.3 Å². The van der Waals surface area contributed by atoms with Gasteiger partial charge in [-0.3, -0.25) is 9.00 Å². The van der Waals surface area contributed by atoms with Crippen molar-refractivity contribution in [1.29, 1.82) is 5.26 Å². The molecule has 0 saturated heterocycles. The average molecular weight is 217 g/mol. The third-order valence-electron chi connectivity index (χ3n) is 1.46. The van der Waals surface area contributed by atoms with Gasteiger partial charge in [0.15, 0.2) is 0 Å². The van der Waals surface area contributed by atoms with Crippen LogP contribution < -0.4 is 10.6 Å². The molecule has 0 fully saturated rings. The van der Waals surface area contributed by atoms with Crippen molar-refractivity contribution in [2.45, 2.75) is 13.0 Å². The largest absolute Gasteiger partial charge is 0.342 e. The van der Waals surface area contributed by atoms with Gasteiger partial charge in [-0.15, -0.1) is 0 Å². The standard InChI is InChI=1S/C8H15N3O2S/c1-7(6-14(2)13)11-5-8(12)10-4-3-9/h7,11H,4-6H2,1-2H3,(H,10,12). The van der Waals surface area contributed by atoms with E-state index in [4.69, 9.17) is 5.26 Å². The van der Waals surface area contributed by atoms with Crippen molar-refractivity contribution in [3.63, 3.8) is 0 Å². The molecule has 14 heavy (non-hydrogen) atoms. The summed E-state index contributed by atoms with van der Waals surface area (Å²) < 4.78 is 10.8. The fraction of sp³-hybridized carbons (Fsp3) is 0.750. The van der Waals surface area contributed by atoms with Gasteiger partial charge in [-0.25, -0.2) is 0 Å². The van der Waals surface area contributed by atoms with Gasteiger partial charge in [-0.2, -0.15) is 5.26 Å². The molecule has 0 aliphatic rings. The highest BCUT2D eigenvalue weighted by Gasteiger charge is 2.06. The summed E-state index contributed by atoms with van der Waals surface area (Å²) in [6.07, 6.45) is 1.62. The number of nitrogens with one attached hydrogen (secondary N) is 2. The lowest BCUT2D eigenvalue weighted by molar-refractivity contribution is -0.120. The molecule has 80 valence electrons. The fourth-order valence-electron chi connectivity index (χ4n) is 0.879. The van der Waals surface area contributed by atoms with E-state index < -0.39 is 10.8 Å².